The van der Waals surface area contributed by atoms with Crippen LogP contribution in [0.2, 0.25) is 0 Å². The molecular weight excluding hydrogens is 186 g/mol. The highest BCUT2D eigenvalue weighted by molar-refractivity contribution is 5.84. The van der Waals surface area contributed by atoms with Gasteiger partial charge in [0.1, 0.15) is 5.75 Å². The molecule has 0 saturated heterocycles. The highest BCUT2D eigenvalue weighted by Gasteiger charge is 2.02. The average Bonchev–Trinajstić information content (AvgIpc) is 2.26. The van der Waals surface area contributed by atoms with Crippen molar-refractivity contribution < 1.29 is 5.11 Å². The van der Waals surface area contributed by atoms with Gasteiger partial charge in [0.2, 0.25) is 0 Å². The zero-order valence-electron chi connectivity index (χ0n) is 8.83. The molecule has 0 aliphatic carbocycles. The fourth-order valence-electron chi connectivity index (χ4n) is 1.74. The Morgan fingerprint density at radius 2 is 1.80 bits per heavy atom. The molecule has 0 atom stereocenters. The third kappa shape index (κ3) is 2.10. The number of aromatic hydroxyl groups is 1. The molecule has 0 bridgehead atoms. The van der Waals surface area contributed by atoms with E-state index in [0.717, 1.165) is 23.9 Å². The van der Waals surface area contributed by atoms with Gasteiger partial charge in [-0.05, 0) is 48.5 Å². The first-order valence-corrected chi connectivity index (χ1v) is 5.16. The molecule has 0 fully saturated rings. The second-order valence-corrected chi connectivity index (χ2v) is 3.68. The Labute approximate surface area is 89.6 Å². The van der Waals surface area contributed by atoms with Crippen LogP contribution in [0.25, 0.3) is 10.8 Å². The summed E-state index contributed by atoms with van der Waals surface area (Å²) < 4.78 is 0. The predicted octanol–water partition coefficient (Wildman–Crippen LogP) is 2.31. The molecule has 2 aromatic carbocycles. The van der Waals surface area contributed by atoms with Crippen molar-refractivity contribution in [3.63, 3.8) is 0 Å². The van der Waals surface area contributed by atoms with Gasteiger partial charge in [-0.15, -0.1) is 0 Å². The highest BCUT2D eigenvalue weighted by atomic mass is 16.3. The first-order chi connectivity index (χ1) is 7.31. The maximum Gasteiger partial charge on any atom is 0.119 e. The summed E-state index contributed by atoms with van der Waals surface area (Å²) in [5.41, 5.74) is 1.00. The maximum absolute atomic E-state index is 9.81. The normalized spacial score (nSPS) is 10.7. The smallest absolute Gasteiger partial charge is 0.119 e. The van der Waals surface area contributed by atoms with E-state index in [0.29, 0.717) is 5.75 Å². The SMILES string of the molecule is CNCCc1cc2ccccc2cc1O. The molecule has 0 heterocycles. The second kappa shape index (κ2) is 4.32. The number of benzene rings is 2. The van der Waals surface area contributed by atoms with E-state index in [2.05, 4.69) is 17.4 Å². The molecule has 0 aliphatic rings. The number of hydrogen-bond acceptors (Lipinski definition) is 2. The third-order valence-electron chi connectivity index (χ3n) is 2.59. The van der Waals surface area contributed by atoms with E-state index in [-0.39, 0.29) is 0 Å². The molecule has 0 saturated carbocycles. The standard InChI is InChI=1S/C13H15NO/c1-14-7-6-12-8-10-4-2-3-5-11(10)9-13(12)15/h2-5,8-9,14-15H,6-7H2,1H3. The minimum atomic E-state index is 0.393. The fraction of sp³-hybridized carbons (Fsp3) is 0.231. The lowest BCUT2D eigenvalue weighted by atomic mass is 10.0. The second-order valence-electron chi connectivity index (χ2n) is 3.68. The molecule has 0 spiro atoms. The van der Waals surface area contributed by atoms with Crippen LogP contribution >= 0.6 is 0 Å². The largest absolute Gasteiger partial charge is 0.508 e. The van der Waals surface area contributed by atoms with Gasteiger partial charge in [0, 0.05) is 0 Å². The molecule has 0 aromatic heterocycles. The van der Waals surface area contributed by atoms with Crippen LogP contribution in [0, 0.1) is 0 Å². The zero-order valence-corrected chi connectivity index (χ0v) is 8.83. The van der Waals surface area contributed by atoms with Crippen LogP contribution in [0.5, 0.6) is 5.75 Å². The maximum atomic E-state index is 9.81. The molecular formula is C13H15NO. The van der Waals surface area contributed by atoms with Crippen molar-refractivity contribution >= 4 is 10.8 Å². The lowest BCUT2D eigenvalue weighted by Gasteiger charge is -2.06. The molecule has 2 rings (SSSR count). The summed E-state index contributed by atoms with van der Waals surface area (Å²) in [6.45, 7) is 0.881. The van der Waals surface area contributed by atoms with Crippen LogP contribution < -0.4 is 5.32 Å². The van der Waals surface area contributed by atoms with E-state index in [1.807, 2.05) is 31.3 Å². The topological polar surface area (TPSA) is 32.3 Å². The van der Waals surface area contributed by atoms with Crippen molar-refractivity contribution in [2.24, 2.45) is 0 Å². The molecule has 78 valence electrons. The Balaban J connectivity index is 2.43. The molecule has 0 unspecified atom stereocenters. The number of rotatable bonds is 3. The summed E-state index contributed by atoms with van der Waals surface area (Å²) in [5, 5.41) is 15.2. The van der Waals surface area contributed by atoms with Crippen molar-refractivity contribution in [1.29, 1.82) is 0 Å². The van der Waals surface area contributed by atoms with Gasteiger partial charge in [-0.1, -0.05) is 24.3 Å². The van der Waals surface area contributed by atoms with E-state index in [1.54, 1.807) is 0 Å². The monoisotopic (exact) mass is 201 g/mol. The lowest BCUT2D eigenvalue weighted by molar-refractivity contribution is 0.468. The number of fused-ring (bicyclic) bond motifs is 1. The number of nitrogens with one attached hydrogen (secondary N) is 1. The van der Waals surface area contributed by atoms with Gasteiger partial charge in [-0.3, -0.25) is 0 Å². The minimum Gasteiger partial charge on any atom is -0.508 e. The molecule has 0 amide bonds. The lowest BCUT2D eigenvalue weighted by Crippen LogP contribution is -2.10. The number of phenolic OH excluding ortho intramolecular Hbond substituents is 1. The Morgan fingerprint density at radius 3 is 2.47 bits per heavy atom. The quantitative estimate of drug-likeness (QED) is 0.798. The molecule has 2 aromatic rings. The number of hydrogen-bond donors (Lipinski definition) is 2. The summed E-state index contributed by atoms with van der Waals surface area (Å²) in [6, 6.07) is 12.0. The predicted molar refractivity (Wildman–Crippen MR) is 63.2 cm³/mol. The Bertz CT molecular complexity index is 465. The van der Waals surface area contributed by atoms with Crippen molar-refractivity contribution in [1.82, 2.24) is 5.32 Å². The molecule has 0 aliphatic heterocycles. The van der Waals surface area contributed by atoms with E-state index >= 15 is 0 Å². The van der Waals surface area contributed by atoms with E-state index < -0.39 is 0 Å². The first kappa shape index (κ1) is 9.99. The molecule has 0 radical (unpaired) electrons. The molecule has 2 heteroatoms. The zero-order chi connectivity index (χ0) is 10.7. The highest BCUT2D eigenvalue weighted by Crippen LogP contribution is 2.24. The Hall–Kier alpha value is -1.54. The van der Waals surface area contributed by atoms with E-state index in [1.165, 1.54) is 5.39 Å². The molecule has 2 N–H and O–H groups in total. The van der Waals surface area contributed by atoms with Crippen LogP contribution in [-0.2, 0) is 6.42 Å². The van der Waals surface area contributed by atoms with Crippen LogP contribution in [0.3, 0.4) is 0 Å². The average molecular weight is 201 g/mol. The first-order valence-electron chi connectivity index (χ1n) is 5.16. The van der Waals surface area contributed by atoms with Gasteiger partial charge in [-0.25, -0.2) is 0 Å². The van der Waals surface area contributed by atoms with Crippen molar-refractivity contribution in [2.75, 3.05) is 13.6 Å². The van der Waals surface area contributed by atoms with Gasteiger partial charge in [0.25, 0.3) is 0 Å². The third-order valence-corrected chi connectivity index (χ3v) is 2.59. The van der Waals surface area contributed by atoms with Gasteiger partial charge >= 0.3 is 0 Å². The summed E-state index contributed by atoms with van der Waals surface area (Å²) in [5.74, 6) is 0.393. The summed E-state index contributed by atoms with van der Waals surface area (Å²) >= 11 is 0. The summed E-state index contributed by atoms with van der Waals surface area (Å²) in [6.07, 6.45) is 0.854. The molecule has 15 heavy (non-hydrogen) atoms. The van der Waals surface area contributed by atoms with Gasteiger partial charge in [0.15, 0.2) is 0 Å². The number of likely N-dealkylation sites (N-methyl/N-ethyl adjacent to an activating group) is 1. The van der Waals surface area contributed by atoms with Gasteiger partial charge in [0.05, 0.1) is 0 Å². The summed E-state index contributed by atoms with van der Waals surface area (Å²) in [7, 11) is 1.91. The van der Waals surface area contributed by atoms with Crippen LogP contribution in [0.4, 0.5) is 0 Å². The number of phenols is 1. The van der Waals surface area contributed by atoms with E-state index in [9.17, 15) is 5.11 Å². The Morgan fingerprint density at radius 1 is 1.13 bits per heavy atom. The fourth-order valence-corrected chi connectivity index (χ4v) is 1.74. The van der Waals surface area contributed by atoms with Crippen LogP contribution in [0.1, 0.15) is 5.56 Å². The molecule has 2 nitrogen and oxygen atoms in total. The van der Waals surface area contributed by atoms with Crippen LogP contribution in [0.15, 0.2) is 36.4 Å². The summed E-state index contributed by atoms with van der Waals surface area (Å²) in [4.78, 5) is 0. The van der Waals surface area contributed by atoms with Gasteiger partial charge < -0.3 is 10.4 Å². The van der Waals surface area contributed by atoms with Crippen molar-refractivity contribution in [2.45, 2.75) is 6.42 Å². The van der Waals surface area contributed by atoms with Gasteiger partial charge in [-0.2, -0.15) is 0 Å². The van der Waals surface area contributed by atoms with E-state index in [4.69, 9.17) is 0 Å². The Kier molecular flexibility index (Phi) is 2.88. The van der Waals surface area contributed by atoms with Crippen LogP contribution in [-0.4, -0.2) is 18.7 Å². The minimum absolute atomic E-state index is 0.393. The van der Waals surface area contributed by atoms with Crippen molar-refractivity contribution in [3.05, 3.63) is 42.0 Å². The van der Waals surface area contributed by atoms with Crippen molar-refractivity contribution in [3.8, 4) is 5.75 Å².